The summed E-state index contributed by atoms with van der Waals surface area (Å²) in [6.45, 7) is 6.76. The molecule has 0 atom stereocenters. The quantitative estimate of drug-likeness (QED) is 0.481. The Labute approximate surface area is 147 Å². The summed E-state index contributed by atoms with van der Waals surface area (Å²) < 4.78 is 5.63. The first-order valence-corrected chi connectivity index (χ1v) is 8.28. The zero-order chi connectivity index (χ0) is 18.2. The minimum atomic E-state index is -0.796. The van der Waals surface area contributed by atoms with E-state index >= 15 is 0 Å². The van der Waals surface area contributed by atoms with Crippen LogP contribution >= 0.6 is 0 Å². The summed E-state index contributed by atoms with van der Waals surface area (Å²) in [6, 6.07) is 11.6. The van der Waals surface area contributed by atoms with Gasteiger partial charge in [-0.3, -0.25) is 9.59 Å². The summed E-state index contributed by atoms with van der Waals surface area (Å²) in [5, 5.41) is 8.45. The Balaban J connectivity index is 2.15. The van der Waals surface area contributed by atoms with Crippen LogP contribution < -0.4 is 15.5 Å². The Morgan fingerprint density at radius 3 is 2.64 bits per heavy atom. The molecule has 0 aliphatic carbocycles. The van der Waals surface area contributed by atoms with Crippen LogP contribution in [0.4, 0.5) is 0 Å². The number of nitrogens with zero attached hydrogens (tertiary/aromatic N) is 1. The molecule has 2 aromatic carbocycles. The fourth-order valence-electron chi connectivity index (χ4n) is 2.27. The molecule has 0 saturated carbocycles. The van der Waals surface area contributed by atoms with Gasteiger partial charge in [-0.15, -0.1) is 0 Å². The Morgan fingerprint density at radius 1 is 1.16 bits per heavy atom. The largest absolute Gasteiger partial charge is 0.493 e. The molecule has 132 valence electrons. The van der Waals surface area contributed by atoms with Crippen molar-refractivity contribution in [2.24, 2.45) is 11.0 Å². The van der Waals surface area contributed by atoms with E-state index in [0.29, 0.717) is 18.9 Å². The fraction of sp³-hybridized carbons (Fsp3) is 0.316. The molecule has 2 N–H and O–H groups in total. The molecule has 0 fully saturated rings. The Hall–Kier alpha value is -2.89. The molecule has 0 unspecified atom stereocenters. The van der Waals surface area contributed by atoms with Crippen LogP contribution in [0, 0.1) is 5.92 Å². The third kappa shape index (κ3) is 5.04. The Kier molecular flexibility index (Phi) is 6.51. The fourth-order valence-corrected chi connectivity index (χ4v) is 2.27. The minimum absolute atomic E-state index is 0.268. The number of hydrazone groups is 1. The lowest BCUT2D eigenvalue weighted by Gasteiger charge is -2.10. The predicted octanol–water partition coefficient (Wildman–Crippen LogP) is 2.46. The van der Waals surface area contributed by atoms with Gasteiger partial charge in [0.1, 0.15) is 5.75 Å². The van der Waals surface area contributed by atoms with Gasteiger partial charge in [-0.25, -0.2) is 5.43 Å². The molecule has 0 heterocycles. The van der Waals surface area contributed by atoms with Gasteiger partial charge >= 0.3 is 11.8 Å². The highest BCUT2D eigenvalue weighted by Crippen LogP contribution is 2.26. The lowest BCUT2D eigenvalue weighted by atomic mass is 10.0. The molecular weight excluding hydrogens is 318 g/mol. The van der Waals surface area contributed by atoms with E-state index < -0.39 is 11.8 Å². The number of carbonyl (C=O) groups excluding carboxylic acids is 2. The van der Waals surface area contributed by atoms with Crippen LogP contribution in [0.5, 0.6) is 5.75 Å². The van der Waals surface area contributed by atoms with E-state index in [1.54, 1.807) is 0 Å². The normalized spacial score (nSPS) is 11.0. The van der Waals surface area contributed by atoms with E-state index in [-0.39, 0.29) is 5.92 Å². The first-order valence-electron chi connectivity index (χ1n) is 8.28. The number of benzene rings is 2. The maximum absolute atomic E-state index is 11.8. The monoisotopic (exact) mass is 341 g/mol. The zero-order valence-corrected chi connectivity index (χ0v) is 14.7. The molecule has 2 amide bonds. The summed E-state index contributed by atoms with van der Waals surface area (Å²) in [7, 11) is 0. The maximum atomic E-state index is 11.8. The number of hydrogen-bond acceptors (Lipinski definition) is 4. The van der Waals surface area contributed by atoms with Gasteiger partial charge in [0.25, 0.3) is 0 Å². The SMILES string of the molecule is CCOc1ccc2ccccc2c1/C=N\NC(=O)C(=O)NCC(C)C. The minimum Gasteiger partial charge on any atom is -0.493 e. The molecule has 2 aromatic rings. The van der Waals surface area contributed by atoms with Crippen LogP contribution in [0.3, 0.4) is 0 Å². The average Bonchev–Trinajstić information content (AvgIpc) is 2.61. The lowest BCUT2D eigenvalue weighted by Crippen LogP contribution is -2.39. The van der Waals surface area contributed by atoms with E-state index in [9.17, 15) is 9.59 Å². The maximum Gasteiger partial charge on any atom is 0.329 e. The van der Waals surface area contributed by atoms with Crippen molar-refractivity contribution in [1.29, 1.82) is 0 Å². The van der Waals surface area contributed by atoms with Crippen LogP contribution in [-0.2, 0) is 9.59 Å². The zero-order valence-electron chi connectivity index (χ0n) is 14.7. The van der Waals surface area contributed by atoms with Gasteiger partial charge in [0.2, 0.25) is 0 Å². The number of fused-ring (bicyclic) bond motifs is 1. The molecule has 2 rings (SSSR count). The van der Waals surface area contributed by atoms with Crippen molar-refractivity contribution in [2.45, 2.75) is 20.8 Å². The highest BCUT2D eigenvalue weighted by atomic mass is 16.5. The van der Waals surface area contributed by atoms with Crippen molar-refractivity contribution in [1.82, 2.24) is 10.7 Å². The summed E-state index contributed by atoms with van der Waals surface area (Å²) in [5.74, 6) is -0.558. The molecule has 0 radical (unpaired) electrons. The van der Waals surface area contributed by atoms with Gasteiger partial charge in [-0.2, -0.15) is 5.10 Å². The van der Waals surface area contributed by atoms with Gasteiger partial charge in [0.15, 0.2) is 0 Å². The topological polar surface area (TPSA) is 79.8 Å². The third-order valence-electron chi connectivity index (χ3n) is 3.47. The highest BCUT2D eigenvalue weighted by molar-refractivity contribution is 6.35. The molecule has 25 heavy (non-hydrogen) atoms. The molecule has 0 saturated heterocycles. The predicted molar refractivity (Wildman–Crippen MR) is 98.7 cm³/mol. The van der Waals surface area contributed by atoms with E-state index in [0.717, 1.165) is 16.3 Å². The number of carbonyl (C=O) groups is 2. The van der Waals surface area contributed by atoms with Gasteiger partial charge < -0.3 is 10.1 Å². The molecule has 0 aromatic heterocycles. The Morgan fingerprint density at radius 2 is 1.92 bits per heavy atom. The van der Waals surface area contributed by atoms with Gasteiger partial charge in [-0.1, -0.05) is 44.2 Å². The number of ether oxygens (including phenoxy) is 1. The van der Waals surface area contributed by atoms with Crippen LogP contribution in [0.2, 0.25) is 0 Å². The molecular formula is C19H23N3O3. The van der Waals surface area contributed by atoms with Gasteiger partial charge in [0, 0.05) is 12.1 Å². The van der Waals surface area contributed by atoms with Crippen molar-refractivity contribution in [3.05, 3.63) is 42.0 Å². The molecule has 6 heteroatoms. The number of rotatable bonds is 6. The van der Waals surface area contributed by atoms with E-state index in [2.05, 4.69) is 15.8 Å². The number of hydrogen-bond donors (Lipinski definition) is 2. The highest BCUT2D eigenvalue weighted by Gasteiger charge is 2.12. The van der Waals surface area contributed by atoms with Crippen molar-refractivity contribution >= 4 is 28.8 Å². The molecule has 0 aliphatic rings. The van der Waals surface area contributed by atoms with Crippen molar-refractivity contribution in [2.75, 3.05) is 13.2 Å². The summed E-state index contributed by atoms with van der Waals surface area (Å²) in [5.41, 5.74) is 3.00. The average molecular weight is 341 g/mol. The van der Waals surface area contributed by atoms with Gasteiger partial charge in [0.05, 0.1) is 12.8 Å². The molecule has 6 nitrogen and oxygen atoms in total. The molecule has 0 spiro atoms. The number of nitrogens with one attached hydrogen (secondary N) is 2. The standard InChI is InChI=1S/C19H23N3O3/c1-4-25-17-10-9-14-7-5-6-8-15(14)16(17)12-21-22-19(24)18(23)20-11-13(2)3/h5-10,12-13H,4,11H2,1-3H3,(H,20,23)(H,22,24)/b21-12-. The van der Waals surface area contributed by atoms with Crippen molar-refractivity contribution < 1.29 is 14.3 Å². The number of amides is 2. The van der Waals surface area contributed by atoms with Crippen LogP contribution in [0.25, 0.3) is 10.8 Å². The molecule has 0 aliphatic heterocycles. The lowest BCUT2D eigenvalue weighted by molar-refractivity contribution is -0.139. The third-order valence-corrected chi connectivity index (χ3v) is 3.47. The second kappa shape index (κ2) is 8.82. The molecule has 0 bridgehead atoms. The smallest absolute Gasteiger partial charge is 0.329 e. The first kappa shape index (κ1) is 18.4. The second-order valence-electron chi connectivity index (χ2n) is 5.93. The summed E-state index contributed by atoms with van der Waals surface area (Å²) in [6.07, 6.45) is 1.50. The van der Waals surface area contributed by atoms with Crippen molar-refractivity contribution in [3.8, 4) is 5.75 Å². The summed E-state index contributed by atoms with van der Waals surface area (Å²) in [4.78, 5) is 23.4. The van der Waals surface area contributed by atoms with E-state index in [1.807, 2.05) is 57.2 Å². The second-order valence-corrected chi connectivity index (χ2v) is 5.93. The van der Waals surface area contributed by atoms with E-state index in [1.165, 1.54) is 6.21 Å². The van der Waals surface area contributed by atoms with Crippen molar-refractivity contribution in [3.63, 3.8) is 0 Å². The van der Waals surface area contributed by atoms with Crippen LogP contribution in [-0.4, -0.2) is 31.2 Å². The van der Waals surface area contributed by atoms with E-state index in [4.69, 9.17) is 4.74 Å². The first-order chi connectivity index (χ1) is 12.0. The van der Waals surface area contributed by atoms with Gasteiger partial charge in [-0.05, 0) is 29.7 Å². The summed E-state index contributed by atoms with van der Waals surface area (Å²) >= 11 is 0. The Bertz CT molecular complexity index is 785. The van der Waals surface area contributed by atoms with Crippen LogP contribution in [0.15, 0.2) is 41.5 Å². The van der Waals surface area contributed by atoms with Crippen LogP contribution in [0.1, 0.15) is 26.3 Å².